The van der Waals surface area contributed by atoms with Gasteiger partial charge in [0, 0.05) is 34.6 Å². The fraction of sp³-hybridized carbons (Fsp3) is 0.250. The van der Waals surface area contributed by atoms with Crippen molar-refractivity contribution in [2.45, 2.75) is 19.3 Å². The molecule has 24 heavy (non-hydrogen) atoms. The number of piperidine rings is 1. The highest BCUT2D eigenvalue weighted by atomic mass is 35.5. The van der Waals surface area contributed by atoms with E-state index in [-0.39, 0.29) is 5.56 Å². The van der Waals surface area contributed by atoms with Crippen LogP contribution in [0.3, 0.4) is 0 Å². The molecule has 0 spiro atoms. The van der Waals surface area contributed by atoms with Gasteiger partial charge >= 0.3 is 0 Å². The summed E-state index contributed by atoms with van der Waals surface area (Å²) in [5.74, 6) is 0. The van der Waals surface area contributed by atoms with E-state index >= 15 is 0 Å². The number of aromatic amines is 1. The Hall–Kier alpha value is -2.26. The summed E-state index contributed by atoms with van der Waals surface area (Å²) in [7, 11) is 0. The Labute approximate surface area is 145 Å². The molecule has 1 aliphatic heterocycles. The van der Waals surface area contributed by atoms with E-state index in [1.165, 1.54) is 6.42 Å². The summed E-state index contributed by atoms with van der Waals surface area (Å²) in [4.78, 5) is 18.2. The highest BCUT2D eigenvalue weighted by Crippen LogP contribution is 2.35. The number of anilines is 1. The Morgan fingerprint density at radius 2 is 1.62 bits per heavy atom. The first-order valence-corrected chi connectivity index (χ1v) is 8.78. The number of pyridine rings is 1. The third-order valence-electron chi connectivity index (χ3n) is 4.70. The number of hydrogen-bond acceptors (Lipinski definition) is 2. The van der Waals surface area contributed by atoms with Gasteiger partial charge in [-0.05, 0) is 43.0 Å². The molecule has 0 saturated carbocycles. The number of para-hydroxylation sites is 1. The summed E-state index contributed by atoms with van der Waals surface area (Å²) in [6, 6.07) is 15.7. The molecule has 3 aromatic rings. The van der Waals surface area contributed by atoms with Gasteiger partial charge in [0.15, 0.2) is 0 Å². The number of rotatable bonds is 2. The van der Waals surface area contributed by atoms with Gasteiger partial charge in [0.2, 0.25) is 0 Å². The van der Waals surface area contributed by atoms with E-state index in [4.69, 9.17) is 11.6 Å². The first kappa shape index (κ1) is 15.3. The average molecular weight is 339 g/mol. The zero-order valence-corrected chi connectivity index (χ0v) is 14.1. The van der Waals surface area contributed by atoms with Gasteiger partial charge in [-0.3, -0.25) is 4.79 Å². The zero-order chi connectivity index (χ0) is 16.5. The average Bonchev–Trinajstić information content (AvgIpc) is 2.62. The minimum atomic E-state index is -0.0134. The fourth-order valence-corrected chi connectivity index (χ4v) is 3.69. The number of benzene rings is 2. The lowest BCUT2D eigenvalue weighted by Crippen LogP contribution is -2.34. The molecule has 1 aliphatic rings. The van der Waals surface area contributed by atoms with Gasteiger partial charge in [0.05, 0.1) is 0 Å². The molecule has 1 aromatic heterocycles. The molecular formula is C20H19ClN2O. The maximum atomic E-state index is 12.9. The molecular weight excluding hydrogens is 320 g/mol. The third-order valence-corrected chi connectivity index (χ3v) is 4.95. The molecule has 0 aliphatic carbocycles. The Morgan fingerprint density at radius 3 is 2.38 bits per heavy atom. The molecule has 0 amide bonds. The van der Waals surface area contributed by atoms with E-state index in [2.05, 4.69) is 16.0 Å². The predicted octanol–water partition coefficient (Wildman–Crippen LogP) is 4.84. The molecule has 3 nitrogen and oxygen atoms in total. The predicted molar refractivity (Wildman–Crippen MR) is 101 cm³/mol. The molecule has 122 valence electrons. The number of nitrogens with zero attached hydrogens (tertiary/aromatic N) is 1. The van der Waals surface area contributed by atoms with Crippen molar-refractivity contribution in [1.82, 2.24) is 4.98 Å². The Balaban J connectivity index is 2.02. The molecule has 4 heteroatoms. The molecule has 2 aromatic carbocycles. The van der Waals surface area contributed by atoms with E-state index in [0.717, 1.165) is 53.6 Å². The van der Waals surface area contributed by atoms with Gasteiger partial charge < -0.3 is 9.88 Å². The van der Waals surface area contributed by atoms with Gasteiger partial charge in [0.1, 0.15) is 5.69 Å². The Bertz CT molecular complexity index is 925. The van der Waals surface area contributed by atoms with Crippen LogP contribution in [0, 0.1) is 0 Å². The molecule has 0 unspecified atom stereocenters. The van der Waals surface area contributed by atoms with Crippen LogP contribution >= 0.6 is 11.6 Å². The van der Waals surface area contributed by atoms with E-state index in [0.29, 0.717) is 5.02 Å². The van der Waals surface area contributed by atoms with Crippen LogP contribution < -0.4 is 10.5 Å². The number of fused-ring (bicyclic) bond motifs is 1. The van der Waals surface area contributed by atoms with Gasteiger partial charge in [-0.2, -0.15) is 0 Å². The summed E-state index contributed by atoms with van der Waals surface area (Å²) in [6.45, 7) is 1.87. The third kappa shape index (κ3) is 2.69. The van der Waals surface area contributed by atoms with Crippen molar-refractivity contribution in [1.29, 1.82) is 0 Å². The summed E-state index contributed by atoms with van der Waals surface area (Å²) >= 11 is 6.06. The standard InChI is InChI=1S/C20H19ClN2O/c21-15-10-8-14(9-11-15)18-16-6-2-3-7-17(16)22-20(24)19(18)23-12-4-1-5-13-23/h2-3,6-11H,1,4-5,12-13H2,(H,22,24). The second-order valence-electron chi connectivity index (χ2n) is 6.28. The minimum absolute atomic E-state index is 0.0134. The van der Waals surface area contributed by atoms with Crippen LogP contribution in [0.1, 0.15) is 19.3 Å². The summed E-state index contributed by atoms with van der Waals surface area (Å²) in [5, 5.41) is 1.77. The van der Waals surface area contributed by atoms with Crippen LogP contribution in [-0.2, 0) is 0 Å². The van der Waals surface area contributed by atoms with Crippen molar-refractivity contribution in [3.63, 3.8) is 0 Å². The Morgan fingerprint density at radius 1 is 0.917 bits per heavy atom. The van der Waals surface area contributed by atoms with Crippen molar-refractivity contribution in [2.75, 3.05) is 18.0 Å². The second kappa shape index (κ2) is 6.33. The number of aromatic nitrogens is 1. The lowest BCUT2D eigenvalue weighted by Gasteiger charge is -2.30. The number of hydrogen-bond donors (Lipinski definition) is 1. The first-order chi connectivity index (χ1) is 11.7. The molecule has 1 fully saturated rings. The molecule has 1 saturated heterocycles. The van der Waals surface area contributed by atoms with Crippen LogP contribution in [-0.4, -0.2) is 18.1 Å². The van der Waals surface area contributed by atoms with Crippen LogP contribution in [0.15, 0.2) is 53.3 Å². The second-order valence-corrected chi connectivity index (χ2v) is 6.71. The van der Waals surface area contributed by atoms with Gasteiger partial charge in [-0.15, -0.1) is 0 Å². The van der Waals surface area contributed by atoms with E-state index in [1.54, 1.807) is 0 Å². The molecule has 4 rings (SSSR count). The van der Waals surface area contributed by atoms with Crippen molar-refractivity contribution in [3.8, 4) is 11.1 Å². The monoisotopic (exact) mass is 338 g/mol. The van der Waals surface area contributed by atoms with Crippen molar-refractivity contribution in [2.24, 2.45) is 0 Å². The lowest BCUT2D eigenvalue weighted by molar-refractivity contribution is 0.577. The number of nitrogens with one attached hydrogen (secondary N) is 1. The van der Waals surface area contributed by atoms with Crippen LogP contribution in [0.25, 0.3) is 22.0 Å². The van der Waals surface area contributed by atoms with Crippen LogP contribution in [0.5, 0.6) is 0 Å². The molecule has 2 heterocycles. The highest BCUT2D eigenvalue weighted by molar-refractivity contribution is 6.30. The molecule has 0 bridgehead atoms. The SMILES string of the molecule is O=c1[nH]c2ccccc2c(-c2ccc(Cl)cc2)c1N1CCCCC1. The van der Waals surface area contributed by atoms with Gasteiger partial charge in [-0.25, -0.2) is 0 Å². The zero-order valence-electron chi connectivity index (χ0n) is 13.4. The van der Waals surface area contributed by atoms with Crippen molar-refractivity contribution >= 4 is 28.2 Å². The van der Waals surface area contributed by atoms with E-state index < -0.39 is 0 Å². The topological polar surface area (TPSA) is 36.1 Å². The number of H-pyrrole nitrogens is 1. The highest BCUT2D eigenvalue weighted by Gasteiger charge is 2.21. The molecule has 0 radical (unpaired) electrons. The van der Waals surface area contributed by atoms with E-state index in [1.807, 2.05) is 42.5 Å². The normalized spacial score (nSPS) is 15.0. The molecule has 1 N–H and O–H groups in total. The first-order valence-electron chi connectivity index (χ1n) is 8.40. The Kier molecular flexibility index (Phi) is 4.03. The maximum Gasteiger partial charge on any atom is 0.272 e. The van der Waals surface area contributed by atoms with Crippen molar-refractivity contribution < 1.29 is 0 Å². The van der Waals surface area contributed by atoms with Crippen LogP contribution in [0.4, 0.5) is 5.69 Å². The molecule has 0 atom stereocenters. The van der Waals surface area contributed by atoms with E-state index in [9.17, 15) is 4.79 Å². The largest absolute Gasteiger partial charge is 0.367 e. The van der Waals surface area contributed by atoms with Crippen LogP contribution in [0.2, 0.25) is 5.02 Å². The summed E-state index contributed by atoms with van der Waals surface area (Å²) < 4.78 is 0. The number of halogens is 1. The quantitative estimate of drug-likeness (QED) is 0.725. The smallest absolute Gasteiger partial charge is 0.272 e. The maximum absolute atomic E-state index is 12.9. The van der Waals surface area contributed by atoms with Crippen molar-refractivity contribution in [3.05, 3.63) is 63.9 Å². The fourth-order valence-electron chi connectivity index (χ4n) is 3.56. The summed E-state index contributed by atoms with van der Waals surface area (Å²) in [5.41, 5.74) is 3.68. The minimum Gasteiger partial charge on any atom is -0.367 e. The van der Waals surface area contributed by atoms with Gasteiger partial charge in [0.25, 0.3) is 5.56 Å². The van der Waals surface area contributed by atoms with Gasteiger partial charge in [-0.1, -0.05) is 41.9 Å². The lowest BCUT2D eigenvalue weighted by atomic mass is 9.97. The summed E-state index contributed by atoms with van der Waals surface area (Å²) in [6.07, 6.45) is 3.50.